The molecule has 1 unspecified atom stereocenters. The van der Waals surface area contributed by atoms with Crippen molar-refractivity contribution in [3.8, 4) is 0 Å². The molecule has 4 nitrogen and oxygen atoms in total. The number of hydrogen-bond donors (Lipinski definition) is 3. The van der Waals surface area contributed by atoms with Crippen LogP contribution in [-0.4, -0.2) is 23.6 Å². The number of benzene rings is 1. The van der Waals surface area contributed by atoms with E-state index in [1.54, 1.807) is 6.92 Å². The van der Waals surface area contributed by atoms with E-state index in [2.05, 4.69) is 5.32 Å². The van der Waals surface area contributed by atoms with Gasteiger partial charge in [-0.2, -0.15) is 0 Å². The molecule has 0 fully saturated rings. The molecule has 0 bridgehead atoms. The van der Waals surface area contributed by atoms with Gasteiger partial charge in [0.25, 0.3) is 0 Å². The number of carbonyl (C=O) groups excluding carboxylic acids is 1. The molecule has 1 aromatic carbocycles. The van der Waals surface area contributed by atoms with E-state index in [1.165, 1.54) is 24.3 Å². The normalized spacial score (nSPS) is 14.4. The first-order chi connectivity index (χ1) is 7.50. The number of rotatable bonds is 5. The number of aliphatic hydroxyl groups excluding tert-OH is 1. The molecule has 0 spiro atoms. The van der Waals surface area contributed by atoms with Gasteiger partial charge < -0.3 is 16.2 Å². The lowest BCUT2D eigenvalue weighted by atomic mass is 10.1. The van der Waals surface area contributed by atoms with Crippen LogP contribution in [0.25, 0.3) is 0 Å². The van der Waals surface area contributed by atoms with Gasteiger partial charge in [-0.3, -0.25) is 4.79 Å². The van der Waals surface area contributed by atoms with E-state index >= 15 is 0 Å². The van der Waals surface area contributed by atoms with E-state index < -0.39 is 18.1 Å². The zero-order valence-corrected chi connectivity index (χ0v) is 8.98. The highest BCUT2D eigenvalue weighted by molar-refractivity contribution is 5.79. The molecule has 0 heterocycles. The fourth-order valence-electron chi connectivity index (χ4n) is 1.19. The Bertz CT molecular complexity index is 354. The molecule has 0 aliphatic carbocycles. The van der Waals surface area contributed by atoms with E-state index in [1.807, 2.05) is 0 Å². The zero-order valence-electron chi connectivity index (χ0n) is 8.98. The van der Waals surface area contributed by atoms with Crippen molar-refractivity contribution in [1.82, 2.24) is 5.32 Å². The molecular formula is C11H15FN2O2. The van der Waals surface area contributed by atoms with Crippen molar-refractivity contribution >= 4 is 5.91 Å². The van der Waals surface area contributed by atoms with E-state index in [-0.39, 0.29) is 12.4 Å². The highest BCUT2D eigenvalue weighted by Gasteiger charge is 2.12. The minimum atomic E-state index is -0.789. The molecule has 0 aliphatic rings. The van der Waals surface area contributed by atoms with E-state index in [0.717, 1.165) is 0 Å². The van der Waals surface area contributed by atoms with Gasteiger partial charge in [0.15, 0.2) is 0 Å². The van der Waals surface area contributed by atoms with Crippen molar-refractivity contribution in [2.45, 2.75) is 19.1 Å². The summed E-state index contributed by atoms with van der Waals surface area (Å²) in [6, 6.07) is 5.04. The topological polar surface area (TPSA) is 75.3 Å². The highest BCUT2D eigenvalue weighted by atomic mass is 19.1. The number of carbonyl (C=O) groups is 1. The SMILES string of the molecule is C[C@H](NCC(O)c1ccc(F)cc1)C(N)=O. The Kier molecular flexibility index (Phi) is 4.39. The van der Waals surface area contributed by atoms with Gasteiger partial charge >= 0.3 is 0 Å². The lowest BCUT2D eigenvalue weighted by Crippen LogP contribution is -2.40. The third-order valence-corrected chi connectivity index (χ3v) is 2.30. The molecule has 88 valence electrons. The lowest BCUT2D eigenvalue weighted by molar-refractivity contribution is -0.119. The predicted molar refractivity (Wildman–Crippen MR) is 58.0 cm³/mol. The Morgan fingerprint density at radius 1 is 1.50 bits per heavy atom. The maximum Gasteiger partial charge on any atom is 0.234 e. The van der Waals surface area contributed by atoms with Crippen LogP contribution in [0.4, 0.5) is 4.39 Å². The summed E-state index contributed by atoms with van der Waals surface area (Å²) in [5.74, 6) is -0.833. The molecule has 1 amide bonds. The molecule has 0 saturated heterocycles. The van der Waals surface area contributed by atoms with Crippen molar-refractivity contribution in [2.75, 3.05) is 6.54 Å². The quantitative estimate of drug-likeness (QED) is 0.677. The smallest absolute Gasteiger partial charge is 0.234 e. The van der Waals surface area contributed by atoms with Gasteiger partial charge in [0.1, 0.15) is 5.82 Å². The van der Waals surface area contributed by atoms with Gasteiger partial charge in [0.05, 0.1) is 12.1 Å². The summed E-state index contributed by atoms with van der Waals surface area (Å²) in [5.41, 5.74) is 5.64. The van der Waals surface area contributed by atoms with E-state index in [0.29, 0.717) is 5.56 Å². The average Bonchev–Trinajstić information content (AvgIpc) is 2.26. The van der Waals surface area contributed by atoms with Crippen LogP contribution < -0.4 is 11.1 Å². The number of aliphatic hydroxyl groups is 1. The standard InChI is InChI=1S/C11H15FN2O2/c1-7(11(13)16)14-6-10(15)8-2-4-9(12)5-3-8/h2-5,7,10,14-15H,6H2,1H3,(H2,13,16)/t7-,10?/m0/s1. The van der Waals surface area contributed by atoms with Gasteiger partial charge in [-0.1, -0.05) is 12.1 Å². The van der Waals surface area contributed by atoms with Gasteiger partial charge in [0, 0.05) is 6.54 Å². The molecule has 0 radical (unpaired) electrons. The van der Waals surface area contributed by atoms with E-state index in [4.69, 9.17) is 5.73 Å². The number of nitrogens with one attached hydrogen (secondary N) is 1. The van der Waals surface area contributed by atoms with Crippen LogP contribution in [0.15, 0.2) is 24.3 Å². The second kappa shape index (κ2) is 5.58. The summed E-state index contributed by atoms with van der Waals surface area (Å²) in [6.07, 6.45) is -0.789. The van der Waals surface area contributed by atoms with Crippen LogP contribution >= 0.6 is 0 Å². The second-order valence-corrected chi connectivity index (χ2v) is 3.60. The molecule has 0 aromatic heterocycles. The van der Waals surface area contributed by atoms with Crippen LogP contribution in [-0.2, 0) is 4.79 Å². The Morgan fingerprint density at radius 3 is 2.56 bits per heavy atom. The molecule has 0 saturated carbocycles. The second-order valence-electron chi connectivity index (χ2n) is 3.60. The van der Waals surface area contributed by atoms with Crippen LogP contribution in [0.5, 0.6) is 0 Å². The molecule has 0 aliphatic heterocycles. The Hall–Kier alpha value is -1.46. The molecule has 1 rings (SSSR count). The van der Waals surface area contributed by atoms with Gasteiger partial charge in [0.2, 0.25) is 5.91 Å². The summed E-state index contributed by atoms with van der Waals surface area (Å²) in [5, 5.41) is 12.5. The molecular weight excluding hydrogens is 211 g/mol. The van der Waals surface area contributed by atoms with Crippen molar-refractivity contribution in [2.24, 2.45) is 5.73 Å². The average molecular weight is 226 g/mol. The number of primary amides is 1. The maximum absolute atomic E-state index is 12.6. The van der Waals surface area contributed by atoms with Crippen molar-refractivity contribution in [1.29, 1.82) is 0 Å². The van der Waals surface area contributed by atoms with Gasteiger partial charge in [-0.25, -0.2) is 4.39 Å². The first-order valence-electron chi connectivity index (χ1n) is 4.97. The minimum absolute atomic E-state index is 0.190. The highest BCUT2D eigenvalue weighted by Crippen LogP contribution is 2.12. The summed E-state index contributed by atoms with van der Waals surface area (Å²) >= 11 is 0. The Labute approximate surface area is 93.3 Å². The summed E-state index contributed by atoms with van der Waals surface area (Å²) in [4.78, 5) is 10.7. The summed E-state index contributed by atoms with van der Waals surface area (Å²) in [6.45, 7) is 1.80. The fraction of sp³-hybridized carbons (Fsp3) is 0.364. The predicted octanol–water partition coefficient (Wildman–Crippen LogP) is 0.323. The Morgan fingerprint density at radius 2 is 2.06 bits per heavy atom. The van der Waals surface area contributed by atoms with E-state index in [9.17, 15) is 14.3 Å². The van der Waals surface area contributed by atoms with Crippen LogP contribution in [0.1, 0.15) is 18.6 Å². The zero-order chi connectivity index (χ0) is 12.1. The first kappa shape index (κ1) is 12.6. The molecule has 4 N–H and O–H groups in total. The maximum atomic E-state index is 12.6. The monoisotopic (exact) mass is 226 g/mol. The fourth-order valence-corrected chi connectivity index (χ4v) is 1.19. The number of nitrogens with two attached hydrogens (primary N) is 1. The molecule has 5 heteroatoms. The number of amides is 1. The lowest BCUT2D eigenvalue weighted by Gasteiger charge is -2.15. The first-order valence-corrected chi connectivity index (χ1v) is 4.97. The molecule has 16 heavy (non-hydrogen) atoms. The van der Waals surface area contributed by atoms with Crippen molar-refractivity contribution in [3.05, 3.63) is 35.6 Å². The van der Waals surface area contributed by atoms with Crippen molar-refractivity contribution in [3.63, 3.8) is 0 Å². The van der Waals surface area contributed by atoms with Gasteiger partial charge in [-0.15, -0.1) is 0 Å². The third kappa shape index (κ3) is 3.60. The number of hydrogen-bond acceptors (Lipinski definition) is 3. The summed E-state index contributed by atoms with van der Waals surface area (Å²) < 4.78 is 12.6. The molecule has 1 aromatic rings. The van der Waals surface area contributed by atoms with Crippen molar-refractivity contribution < 1.29 is 14.3 Å². The van der Waals surface area contributed by atoms with Crippen LogP contribution in [0.3, 0.4) is 0 Å². The van der Waals surface area contributed by atoms with Crippen LogP contribution in [0, 0.1) is 5.82 Å². The summed E-state index contributed by atoms with van der Waals surface area (Å²) in [7, 11) is 0. The largest absolute Gasteiger partial charge is 0.387 e. The third-order valence-electron chi connectivity index (χ3n) is 2.30. The molecule has 2 atom stereocenters. The number of halogens is 1. The van der Waals surface area contributed by atoms with Gasteiger partial charge in [-0.05, 0) is 24.6 Å². The van der Waals surface area contributed by atoms with Crippen LogP contribution in [0.2, 0.25) is 0 Å². The minimum Gasteiger partial charge on any atom is -0.387 e. The Balaban J connectivity index is 2.49.